The number of hydrogen-bond donors (Lipinski definition) is 4. The third-order valence-electron chi connectivity index (χ3n) is 2.95. The molecular formula is C13H19ClNO7P. The molecule has 0 amide bonds. The van der Waals surface area contributed by atoms with Crippen LogP contribution in [0.1, 0.15) is 17.8 Å². The average Bonchev–Trinajstić information content (AvgIpc) is 2.50. The first kappa shape index (κ1) is 19.7. The fourth-order valence-corrected chi connectivity index (χ4v) is 3.60. The molecule has 0 fully saturated rings. The first-order valence-corrected chi connectivity index (χ1v) is 8.93. The van der Waals surface area contributed by atoms with Gasteiger partial charge in [0.1, 0.15) is 0 Å². The Morgan fingerprint density at radius 3 is 2.65 bits per heavy atom. The summed E-state index contributed by atoms with van der Waals surface area (Å²) in [4.78, 5) is 20.5. The highest BCUT2D eigenvalue weighted by Gasteiger charge is 2.31. The summed E-state index contributed by atoms with van der Waals surface area (Å²) in [5.74, 6) is -2.84. The van der Waals surface area contributed by atoms with Gasteiger partial charge in [0, 0.05) is 6.16 Å². The van der Waals surface area contributed by atoms with E-state index in [4.69, 9.17) is 31.9 Å². The van der Waals surface area contributed by atoms with E-state index in [1.54, 1.807) is 0 Å². The number of carboxylic acid groups (broad SMARTS) is 1. The highest BCUT2D eigenvalue weighted by Crippen LogP contribution is 2.55. The Morgan fingerprint density at radius 2 is 2.13 bits per heavy atom. The van der Waals surface area contributed by atoms with Crippen LogP contribution in [0.2, 0.25) is 5.02 Å². The maximum atomic E-state index is 12.1. The molecule has 0 saturated carbocycles. The molecular weight excluding hydrogens is 349 g/mol. The summed E-state index contributed by atoms with van der Waals surface area (Å²) in [6.45, 7) is -0.406. The van der Waals surface area contributed by atoms with Crippen LogP contribution in [-0.4, -0.2) is 47.5 Å². The largest absolute Gasteiger partial charge is 0.493 e. The van der Waals surface area contributed by atoms with Crippen LogP contribution in [0.25, 0.3) is 0 Å². The van der Waals surface area contributed by atoms with Gasteiger partial charge >= 0.3 is 5.97 Å². The number of hydrogen-bond acceptors (Lipinski definition) is 6. The molecule has 0 aliphatic carbocycles. The Morgan fingerprint density at radius 1 is 1.48 bits per heavy atom. The average molecular weight is 368 g/mol. The molecule has 0 aromatic heterocycles. The Hall–Kier alpha value is -1.31. The van der Waals surface area contributed by atoms with E-state index in [1.807, 2.05) is 0 Å². The number of aliphatic hydroxyl groups excluding tert-OH is 1. The summed E-state index contributed by atoms with van der Waals surface area (Å²) in [5.41, 5.74) is 5.37. The van der Waals surface area contributed by atoms with E-state index >= 15 is 0 Å². The molecule has 10 heteroatoms. The lowest BCUT2D eigenvalue weighted by Crippen LogP contribution is -2.11. The second-order valence-electron chi connectivity index (χ2n) is 4.71. The fourth-order valence-electron chi connectivity index (χ4n) is 1.84. The van der Waals surface area contributed by atoms with Gasteiger partial charge in [0.05, 0.1) is 12.1 Å². The van der Waals surface area contributed by atoms with Crippen LogP contribution in [0.3, 0.4) is 0 Å². The first-order valence-electron chi connectivity index (χ1n) is 6.64. The zero-order valence-corrected chi connectivity index (χ0v) is 14.1. The first-order chi connectivity index (χ1) is 10.7. The lowest BCUT2D eigenvalue weighted by atomic mass is 10.2. The second kappa shape index (κ2) is 8.52. The molecule has 0 aliphatic heterocycles. The van der Waals surface area contributed by atoms with Gasteiger partial charge in [-0.1, -0.05) is 11.6 Å². The predicted molar refractivity (Wildman–Crippen MR) is 84.5 cm³/mol. The quantitative estimate of drug-likeness (QED) is 0.480. The Bertz CT molecular complexity index is 610. The number of carboxylic acids is 1. The van der Waals surface area contributed by atoms with E-state index < -0.39 is 25.8 Å². The van der Waals surface area contributed by atoms with E-state index in [2.05, 4.69) is 0 Å². The van der Waals surface area contributed by atoms with E-state index in [1.165, 1.54) is 19.2 Å². The molecule has 1 rings (SSSR count). The lowest BCUT2D eigenvalue weighted by Gasteiger charge is -2.20. The molecule has 1 aromatic rings. The molecule has 130 valence electrons. The minimum absolute atomic E-state index is 0.0257. The van der Waals surface area contributed by atoms with Gasteiger partial charge in [0.2, 0.25) is 7.37 Å². The molecule has 0 saturated heterocycles. The van der Waals surface area contributed by atoms with Crippen molar-refractivity contribution in [3.05, 3.63) is 22.7 Å². The number of aliphatic carboxylic acids is 1. The molecule has 0 aliphatic rings. The molecule has 0 bridgehead atoms. The smallest absolute Gasteiger partial charge is 0.341 e. The number of rotatable bonds is 9. The number of methoxy groups -OCH3 is 1. The van der Waals surface area contributed by atoms with Crippen LogP contribution in [0.15, 0.2) is 12.1 Å². The summed E-state index contributed by atoms with van der Waals surface area (Å²) in [6, 6.07) is 2.51. The molecule has 5 N–H and O–H groups in total. The molecule has 23 heavy (non-hydrogen) atoms. The van der Waals surface area contributed by atoms with Crippen molar-refractivity contribution in [1.29, 1.82) is 0 Å². The van der Waals surface area contributed by atoms with Crippen molar-refractivity contribution in [2.45, 2.75) is 12.3 Å². The number of nitrogens with two attached hydrogens (primary N) is 1. The SMILES string of the molecule is COc1cc(C(O)P(=O)(O)CCCN)cc(Cl)c1OCC(=O)O. The molecule has 2 atom stereocenters. The monoisotopic (exact) mass is 367 g/mol. The summed E-state index contributed by atoms with van der Waals surface area (Å²) in [7, 11) is -2.60. The highest BCUT2D eigenvalue weighted by molar-refractivity contribution is 7.58. The number of halogens is 1. The van der Waals surface area contributed by atoms with Crippen molar-refractivity contribution < 1.29 is 33.9 Å². The molecule has 0 spiro atoms. The number of benzene rings is 1. The lowest BCUT2D eigenvalue weighted by molar-refractivity contribution is -0.139. The zero-order valence-electron chi connectivity index (χ0n) is 12.4. The van der Waals surface area contributed by atoms with Crippen LogP contribution in [0.5, 0.6) is 11.5 Å². The minimum Gasteiger partial charge on any atom is -0.493 e. The Labute approximate surface area is 138 Å². The molecule has 0 heterocycles. The summed E-state index contributed by atoms with van der Waals surface area (Å²) in [5, 5.41) is 18.7. The highest BCUT2D eigenvalue weighted by atomic mass is 35.5. The number of aliphatic hydroxyl groups is 1. The van der Waals surface area contributed by atoms with Gasteiger partial charge in [0.15, 0.2) is 24.0 Å². The second-order valence-corrected chi connectivity index (χ2v) is 7.57. The normalized spacial score (nSPS) is 14.8. The van der Waals surface area contributed by atoms with Gasteiger partial charge in [-0.05, 0) is 30.7 Å². The van der Waals surface area contributed by atoms with Crippen molar-refractivity contribution in [2.75, 3.05) is 26.4 Å². The van der Waals surface area contributed by atoms with E-state index in [0.29, 0.717) is 0 Å². The van der Waals surface area contributed by atoms with Gasteiger partial charge in [-0.25, -0.2) is 4.79 Å². The number of carbonyl (C=O) groups is 1. The Balaban J connectivity index is 3.12. The van der Waals surface area contributed by atoms with Gasteiger partial charge in [-0.2, -0.15) is 0 Å². The third-order valence-corrected chi connectivity index (χ3v) is 5.25. The molecule has 1 aromatic carbocycles. The Kier molecular flexibility index (Phi) is 7.31. The van der Waals surface area contributed by atoms with Crippen LogP contribution in [0, 0.1) is 0 Å². The van der Waals surface area contributed by atoms with Crippen LogP contribution < -0.4 is 15.2 Å². The maximum absolute atomic E-state index is 12.1. The van der Waals surface area contributed by atoms with Gasteiger partial charge in [-0.3, -0.25) is 4.57 Å². The van der Waals surface area contributed by atoms with Crippen LogP contribution >= 0.6 is 19.0 Å². The summed E-state index contributed by atoms with van der Waals surface area (Å²) >= 11 is 5.99. The molecule has 8 nitrogen and oxygen atoms in total. The van der Waals surface area contributed by atoms with Crippen molar-refractivity contribution in [3.63, 3.8) is 0 Å². The van der Waals surface area contributed by atoms with Crippen LogP contribution in [-0.2, 0) is 9.36 Å². The third kappa shape index (κ3) is 5.37. The predicted octanol–water partition coefficient (Wildman–Crippen LogP) is 1.42. The number of ether oxygens (including phenoxy) is 2. The molecule has 2 unspecified atom stereocenters. The minimum atomic E-state index is -3.89. The van der Waals surface area contributed by atoms with E-state index in [9.17, 15) is 19.4 Å². The fraction of sp³-hybridized carbons (Fsp3) is 0.462. The topological polar surface area (TPSA) is 139 Å². The van der Waals surface area contributed by atoms with E-state index in [0.717, 1.165) is 0 Å². The standard InChI is InChI=1S/C13H19ClNO7P/c1-21-10-6-8(13(18)23(19,20)4-2-3-15)5-9(14)12(10)22-7-11(16)17/h5-6,13,18H,2-4,7,15H2,1H3,(H,16,17)(H,19,20). The van der Waals surface area contributed by atoms with Crippen molar-refractivity contribution in [2.24, 2.45) is 5.73 Å². The van der Waals surface area contributed by atoms with Gasteiger partial charge in [-0.15, -0.1) is 0 Å². The van der Waals surface area contributed by atoms with Gasteiger partial charge in [0.25, 0.3) is 0 Å². The summed E-state index contributed by atoms with van der Waals surface area (Å²) < 4.78 is 22.2. The van der Waals surface area contributed by atoms with Crippen molar-refractivity contribution >= 4 is 24.9 Å². The zero-order chi connectivity index (χ0) is 17.6. The van der Waals surface area contributed by atoms with Crippen molar-refractivity contribution in [3.8, 4) is 11.5 Å². The van der Waals surface area contributed by atoms with E-state index in [-0.39, 0.29) is 41.2 Å². The van der Waals surface area contributed by atoms with Crippen LogP contribution in [0.4, 0.5) is 0 Å². The molecule has 0 radical (unpaired) electrons. The maximum Gasteiger partial charge on any atom is 0.341 e. The van der Waals surface area contributed by atoms with Crippen molar-refractivity contribution in [1.82, 2.24) is 0 Å². The van der Waals surface area contributed by atoms with Gasteiger partial charge < -0.3 is 30.3 Å². The summed E-state index contributed by atoms with van der Waals surface area (Å²) in [6.07, 6.45) is 0.150.